The first-order valence-corrected chi connectivity index (χ1v) is 21.8. The molecule has 0 saturated heterocycles. The van der Waals surface area contributed by atoms with E-state index >= 15 is 0 Å². The van der Waals surface area contributed by atoms with E-state index in [0.29, 0.717) is 0 Å². The molecule has 64 heavy (non-hydrogen) atoms. The molecule has 0 amide bonds. The van der Waals surface area contributed by atoms with Gasteiger partial charge in [0.1, 0.15) is 5.82 Å². The predicted octanol–water partition coefficient (Wildman–Crippen LogP) is 15.5. The maximum atomic E-state index is 5.27. The number of hydrogen-bond acceptors (Lipinski definition) is 4. The van der Waals surface area contributed by atoms with Gasteiger partial charge >= 0.3 is 0 Å². The van der Waals surface area contributed by atoms with Gasteiger partial charge in [0, 0.05) is 55.5 Å². The van der Waals surface area contributed by atoms with Crippen molar-refractivity contribution in [2.45, 2.75) is 6.29 Å². The van der Waals surface area contributed by atoms with Gasteiger partial charge in [0.05, 0.1) is 33.4 Å². The van der Waals surface area contributed by atoms with Crippen molar-refractivity contribution < 1.29 is 0 Å². The number of nitrogens with zero attached hydrogens (tertiary/aromatic N) is 5. The Bertz CT molecular complexity index is 3550. The Morgan fingerprint density at radius 2 is 0.875 bits per heavy atom. The molecule has 302 valence electrons. The Labute approximate surface area is 370 Å². The van der Waals surface area contributed by atoms with Crippen LogP contribution >= 0.6 is 0 Å². The monoisotopic (exact) mass is 820 g/mol. The molecule has 0 bridgehead atoms. The number of aromatic nitrogens is 3. The van der Waals surface area contributed by atoms with Crippen LogP contribution in [0.15, 0.2) is 231 Å². The molecule has 3 heterocycles. The van der Waals surface area contributed by atoms with Crippen molar-refractivity contribution in [1.82, 2.24) is 14.1 Å². The number of imidazole rings is 1. The number of anilines is 7. The summed E-state index contributed by atoms with van der Waals surface area (Å²) < 4.78 is 4.85. The van der Waals surface area contributed by atoms with Crippen LogP contribution in [0.4, 0.5) is 39.8 Å². The summed E-state index contributed by atoms with van der Waals surface area (Å²) in [4.78, 5) is 10.1. The van der Waals surface area contributed by atoms with E-state index in [4.69, 9.17) is 4.98 Å². The van der Waals surface area contributed by atoms with Gasteiger partial charge in [-0.1, -0.05) is 133 Å². The standard InChI is InChI=1S/C58H40N6/c1-3-21-41(22-4-1)61(52-31-15-19-39-17-7-9-25-45(39)52)43-33-35-54-48(37-43)49-38-44(62(42-23-5-2-6-24-42)53-32-16-20-40-18-8-10-26-46(40)53)34-36-55(49)63(54)58-60-50-28-12-11-27-47(50)57-59-51-29-13-14-30-56(51)64(57)58/h1-38,58,60H. The molecule has 0 aliphatic carbocycles. The van der Waals surface area contributed by atoms with E-state index in [-0.39, 0.29) is 6.29 Å². The molecule has 6 nitrogen and oxygen atoms in total. The number of rotatable bonds is 7. The molecule has 6 heteroatoms. The summed E-state index contributed by atoms with van der Waals surface area (Å²) in [7, 11) is 0. The summed E-state index contributed by atoms with van der Waals surface area (Å²) >= 11 is 0. The number of fused-ring (bicyclic) bond motifs is 10. The normalized spacial score (nSPS) is 13.3. The Balaban J connectivity index is 1.10. The average Bonchev–Trinajstić information content (AvgIpc) is 3.91. The van der Waals surface area contributed by atoms with Gasteiger partial charge in [0.25, 0.3) is 0 Å². The smallest absolute Gasteiger partial charge is 0.188 e. The van der Waals surface area contributed by atoms with Gasteiger partial charge in [0.15, 0.2) is 6.29 Å². The molecule has 0 radical (unpaired) electrons. The van der Waals surface area contributed by atoms with Crippen LogP contribution in [0.1, 0.15) is 6.29 Å². The van der Waals surface area contributed by atoms with Gasteiger partial charge in [-0.3, -0.25) is 4.57 Å². The van der Waals surface area contributed by atoms with E-state index in [2.05, 4.69) is 255 Å². The summed E-state index contributed by atoms with van der Waals surface area (Å²) in [5.74, 6) is 0.946. The van der Waals surface area contributed by atoms with Crippen LogP contribution in [0.25, 0.3) is 65.8 Å². The minimum absolute atomic E-state index is 0.319. The molecular weight excluding hydrogens is 781 g/mol. The zero-order chi connectivity index (χ0) is 42.1. The molecule has 0 saturated carbocycles. The summed E-state index contributed by atoms with van der Waals surface area (Å²) in [5.41, 5.74) is 13.0. The Kier molecular flexibility index (Phi) is 8.18. The summed E-state index contributed by atoms with van der Waals surface area (Å²) in [5, 5.41) is 11.1. The van der Waals surface area contributed by atoms with Gasteiger partial charge in [-0.25, -0.2) is 4.98 Å². The zero-order valence-corrected chi connectivity index (χ0v) is 34.8. The topological polar surface area (TPSA) is 41.3 Å². The van der Waals surface area contributed by atoms with Crippen LogP contribution in [0.2, 0.25) is 0 Å². The predicted molar refractivity (Wildman–Crippen MR) is 267 cm³/mol. The van der Waals surface area contributed by atoms with Crippen molar-refractivity contribution in [3.8, 4) is 11.4 Å². The lowest BCUT2D eigenvalue weighted by Gasteiger charge is -2.32. The second-order valence-electron chi connectivity index (χ2n) is 16.5. The van der Waals surface area contributed by atoms with Gasteiger partial charge < -0.3 is 19.7 Å². The summed E-state index contributed by atoms with van der Waals surface area (Å²) in [6.07, 6.45) is -0.319. The highest BCUT2D eigenvalue weighted by atomic mass is 15.4. The van der Waals surface area contributed by atoms with E-state index in [0.717, 1.165) is 84.0 Å². The number of benzene rings is 10. The van der Waals surface area contributed by atoms with Gasteiger partial charge in [0.2, 0.25) is 0 Å². The third-order valence-corrected chi connectivity index (χ3v) is 12.9. The second-order valence-corrected chi connectivity index (χ2v) is 16.5. The molecule has 1 aliphatic heterocycles. The van der Waals surface area contributed by atoms with Crippen molar-refractivity contribution in [3.05, 3.63) is 231 Å². The van der Waals surface area contributed by atoms with Crippen molar-refractivity contribution in [2.75, 3.05) is 15.1 Å². The van der Waals surface area contributed by atoms with Crippen molar-refractivity contribution in [1.29, 1.82) is 0 Å². The third-order valence-electron chi connectivity index (χ3n) is 12.9. The molecule has 2 aromatic heterocycles. The van der Waals surface area contributed by atoms with Crippen LogP contribution in [0.5, 0.6) is 0 Å². The van der Waals surface area contributed by atoms with Gasteiger partial charge in [-0.05, 0) is 108 Å². The highest BCUT2D eigenvalue weighted by Gasteiger charge is 2.31. The zero-order valence-electron chi connectivity index (χ0n) is 34.8. The maximum absolute atomic E-state index is 5.27. The number of para-hydroxylation sites is 5. The third kappa shape index (κ3) is 5.63. The summed E-state index contributed by atoms with van der Waals surface area (Å²) in [6.45, 7) is 0. The van der Waals surface area contributed by atoms with Crippen molar-refractivity contribution >= 4 is 94.2 Å². The Morgan fingerprint density at radius 3 is 1.48 bits per heavy atom. The Morgan fingerprint density at radius 1 is 0.375 bits per heavy atom. The molecule has 1 N–H and O–H groups in total. The fraction of sp³-hybridized carbons (Fsp3) is 0.0172. The van der Waals surface area contributed by atoms with Crippen LogP contribution in [-0.4, -0.2) is 14.1 Å². The van der Waals surface area contributed by atoms with E-state index in [1.807, 2.05) is 0 Å². The Hall–Kier alpha value is -8.61. The largest absolute Gasteiger partial charge is 0.347 e. The van der Waals surface area contributed by atoms with Gasteiger partial charge in [-0.2, -0.15) is 0 Å². The molecule has 10 aromatic carbocycles. The van der Waals surface area contributed by atoms with Crippen LogP contribution in [0, 0.1) is 0 Å². The van der Waals surface area contributed by atoms with E-state index in [1.165, 1.54) is 21.5 Å². The number of nitrogens with one attached hydrogen (secondary N) is 1. The molecule has 0 fully saturated rings. The second kappa shape index (κ2) is 14.5. The van der Waals surface area contributed by atoms with Crippen LogP contribution in [-0.2, 0) is 0 Å². The maximum Gasteiger partial charge on any atom is 0.188 e. The highest BCUT2D eigenvalue weighted by Crippen LogP contribution is 2.47. The van der Waals surface area contributed by atoms with E-state index in [9.17, 15) is 0 Å². The molecule has 1 atom stereocenters. The van der Waals surface area contributed by atoms with Crippen molar-refractivity contribution in [2.24, 2.45) is 0 Å². The first-order chi connectivity index (χ1) is 31.8. The van der Waals surface area contributed by atoms with Gasteiger partial charge in [-0.15, -0.1) is 0 Å². The fourth-order valence-electron chi connectivity index (χ4n) is 10.1. The van der Waals surface area contributed by atoms with Crippen LogP contribution in [0.3, 0.4) is 0 Å². The molecule has 12 aromatic rings. The quantitative estimate of drug-likeness (QED) is 0.174. The van der Waals surface area contributed by atoms with Crippen LogP contribution < -0.4 is 15.1 Å². The lowest BCUT2D eigenvalue weighted by molar-refractivity contribution is 0.520. The van der Waals surface area contributed by atoms with Crippen molar-refractivity contribution in [3.63, 3.8) is 0 Å². The lowest BCUT2D eigenvalue weighted by Crippen LogP contribution is -2.29. The highest BCUT2D eigenvalue weighted by molar-refractivity contribution is 6.12. The molecule has 1 unspecified atom stereocenters. The lowest BCUT2D eigenvalue weighted by atomic mass is 10.0. The first kappa shape index (κ1) is 36.1. The molecule has 0 spiro atoms. The van der Waals surface area contributed by atoms with E-state index in [1.54, 1.807) is 0 Å². The van der Waals surface area contributed by atoms with E-state index < -0.39 is 0 Å². The molecule has 13 rings (SSSR count). The average molecular weight is 821 g/mol. The minimum atomic E-state index is -0.319. The number of hydrogen-bond donors (Lipinski definition) is 1. The SMILES string of the molecule is c1ccc(N(c2ccc3c(c2)c2cc(N(c4ccccc4)c4cccc5ccccc45)ccc2n3C2Nc3ccccc3-c3nc4ccccc4n32)c2cccc3ccccc23)cc1. The molecular formula is C58H40N6. The minimum Gasteiger partial charge on any atom is -0.347 e. The fourth-order valence-corrected chi connectivity index (χ4v) is 10.1. The summed E-state index contributed by atoms with van der Waals surface area (Å²) in [6, 6.07) is 82.9. The molecule has 1 aliphatic rings. The first-order valence-electron chi connectivity index (χ1n) is 21.8.